The number of hydrogen-bond donors (Lipinski definition) is 0. The molecule has 29 heavy (non-hydrogen) atoms. The van der Waals surface area contributed by atoms with Crippen LogP contribution in [0.5, 0.6) is 0 Å². The molecule has 156 valence electrons. The molecule has 0 amide bonds. The van der Waals surface area contributed by atoms with Crippen molar-refractivity contribution in [3.63, 3.8) is 0 Å². The Hall–Kier alpha value is -1.95. The first kappa shape index (κ1) is 20.3. The van der Waals surface area contributed by atoms with Crippen molar-refractivity contribution in [2.24, 2.45) is 11.3 Å². The predicted octanol–water partition coefficient (Wildman–Crippen LogP) is 5.28. The van der Waals surface area contributed by atoms with E-state index in [4.69, 9.17) is 4.74 Å². The summed E-state index contributed by atoms with van der Waals surface area (Å²) in [5.41, 5.74) is 2.91. The number of benzene rings is 1. The summed E-state index contributed by atoms with van der Waals surface area (Å²) in [5, 5.41) is 11.0. The van der Waals surface area contributed by atoms with E-state index in [-0.39, 0.29) is 11.9 Å². The Balaban J connectivity index is 1.38. The fraction of sp³-hybridized carbons (Fsp3) is 0.609. The van der Waals surface area contributed by atoms with Crippen molar-refractivity contribution in [3.05, 3.63) is 29.3 Å². The van der Waals surface area contributed by atoms with E-state index >= 15 is 0 Å². The Morgan fingerprint density at radius 1 is 1.07 bits per heavy atom. The van der Waals surface area contributed by atoms with Gasteiger partial charge in [0, 0.05) is 30.3 Å². The third-order valence-corrected chi connectivity index (χ3v) is 7.78. The van der Waals surface area contributed by atoms with Gasteiger partial charge in [0.2, 0.25) is 0 Å². The number of ether oxygens (including phenoxy) is 1. The van der Waals surface area contributed by atoms with Crippen LogP contribution in [0.15, 0.2) is 24.3 Å². The number of carbonyl (C=O) groups is 1. The zero-order valence-electron chi connectivity index (χ0n) is 17.7. The topological polar surface area (TPSA) is 55.3 Å². The van der Waals surface area contributed by atoms with Crippen LogP contribution in [0, 0.1) is 11.3 Å². The molecule has 0 atom stereocenters. The molecule has 0 N–H and O–H groups in total. The van der Waals surface area contributed by atoms with Crippen molar-refractivity contribution < 1.29 is 9.53 Å². The Kier molecular flexibility index (Phi) is 5.91. The zero-order chi connectivity index (χ0) is 20.4. The highest BCUT2D eigenvalue weighted by Gasteiger charge is 2.29. The Bertz CT molecular complexity index is 828. The number of carbonyl (C=O) groups excluding carboxylic acids is 1. The highest BCUT2D eigenvalue weighted by Crippen LogP contribution is 2.39. The number of nitrogens with zero attached hydrogens (tertiary/aromatic N) is 3. The summed E-state index contributed by atoms with van der Waals surface area (Å²) in [6.07, 6.45) is 6.22. The summed E-state index contributed by atoms with van der Waals surface area (Å²) in [6.45, 7) is 6.98. The summed E-state index contributed by atoms with van der Waals surface area (Å²) in [6, 6.07) is 8.79. The first-order valence-electron chi connectivity index (χ1n) is 10.7. The minimum Gasteiger partial charge on any atom is -0.469 e. The molecule has 1 aliphatic heterocycles. The second-order valence-electron chi connectivity index (χ2n) is 9.22. The van der Waals surface area contributed by atoms with E-state index in [1.807, 2.05) is 0 Å². The number of rotatable bonds is 4. The quantitative estimate of drug-likeness (QED) is 0.639. The highest BCUT2D eigenvalue weighted by molar-refractivity contribution is 7.14. The summed E-state index contributed by atoms with van der Waals surface area (Å²) < 4.78 is 4.89. The molecule has 2 aromatic rings. The maximum atomic E-state index is 11.7. The SMILES string of the molecule is COC(=O)C1CCC(c2nnc(-c3ccc(N4CCC(C)(C)CC4)cc3)s2)CC1. The average molecular weight is 414 g/mol. The molecule has 1 saturated carbocycles. The third kappa shape index (κ3) is 4.63. The van der Waals surface area contributed by atoms with Crippen molar-refractivity contribution in [2.75, 3.05) is 25.1 Å². The number of anilines is 1. The van der Waals surface area contributed by atoms with Crippen molar-refractivity contribution >= 4 is 23.0 Å². The van der Waals surface area contributed by atoms with Gasteiger partial charge in [0.25, 0.3) is 0 Å². The van der Waals surface area contributed by atoms with Crippen LogP contribution in [0.4, 0.5) is 5.69 Å². The molecule has 5 nitrogen and oxygen atoms in total. The van der Waals surface area contributed by atoms with Gasteiger partial charge < -0.3 is 9.64 Å². The van der Waals surface area contributed by atoms with Gasteiger partial charge in [-0.15, -0.1) is 10.2 Å². The van der Waals surface area contributed by atoms with Crippen molar-refractivity contribution in [3.8, 4) is 10.6 Å². The molecule has 1 aromatic heterocycles. The maximum absolute atomic E-state index is 11.7. The molecule has 4 rings (SSSR count). The molecule has 6 heteroatoms. The van der Waals surface area contributed by atoms with Gasteiger partial charge in [-0.1, -0.05) is 25.2 Å². The van der Waals surface area contributed by atoms with E-state index in [1.54, 1.807) is 11.3 Å². The molecule has 0 unspecified atom stereocenters. The molecule has 2 heterocycles. The van der Waals surface area contributed by atoms with Gasteiger partial charge in [-0.05, 0) is 68.2 Å². The van der Waals surface area contributed by atoms with Crippen molar-refractivity contribution in [2.45, 2.75) is 58.3 Å². The Morgan fingerprint density at radius 2 is 1.72 bits per heavy atom. The van der Waals surface area contributed by atoms with Crippen LogP contribution in [0.3, 0.4) is 0 Å². The largest absolute Gasteiger partial charge is 0.469 e. The lowest BCUT2D eigenvalue weighted by molar-refractivity contribution is -0.146. The first-order valence-corrected chi connectivity index (χ1v) is 11.5. The number of hydrogen-bond acceptors (Lipinski definition) is 6. The Morgan fingerprint density at radius 3 is 2.34 bits per heavy atom. The van der Waals surface area contributed by atoms with Crippen molar-refractivity contribution in [1.82, 2.24) is 10.2 Å². The molecule has 1 aromatic carbocycles. The smallest absolute Gasteiger partial charge is 0.308 e. The zero-order valence-corrected chi connectivity index (χ0v) is 18.5. The lowest BCUT2D eigenvalue weighted by Gasteiger charge is -2.38. The average Bonchev–Trinajstić information content (AvgIpc) is 3.24. The summed E-state index contributed by atoms with van der Waals surface area (Å²) >= 11 is 1.70. The third-order valence-electron chi connectivity index (χ3n) is 6.65. The molecule has 1 aliphatic carbocycles. The van der Waals surface area contributed by atoms with E-state index in [1.165, 1.54) is 25.6 Å². The van der Waals surface area contributed by atoms with Crippen LogP contribution >= 0.6 is 11.3 Å². The van der Waals surface area contributed by atoms with E-state index < -0.39 is 0 Å². The molecule has 0 spiro atoms. The standard InChI is InChI=1S/C23H31N3O2S/c1-23(2)12-14-26(15-13-23)19-10-8-17(9-11-19)21-25-24-20(29-21)16-4-6-18(7-5-16)22(27)28-3/h8-11,16,18H,4-7,12-15H2,1-3H3. The van der Waals surface area contributed by atoms with Gasteiger partial charge in [-0.2, -0.15) is 0 Å². The molecule has 1 saturated heterocycles. The van der Waals surface area contributed by atoms with Crippen LogP contribution in [-0.2, 0) is 9.53 Å². The first-order chi connectivity index (χ1) is 13.9. The maximum Gasteiger partial charge on any atom is 0.308 e. The van der Waals surface area contributed by atoms with E-state index in [2.05, 4.69) is 53.2 Å². The molecular formula is C23H31N3O2S. The minimum atomic E-state index is -0.0706. The van der Waals surface area contributed by atoms with Gasteiger partial charge in [-0.25, -0.2) is 0 Å². The molecular weight excluding hydrogens is 382 g/mol. The van der Waals surface area contributed by atoms with Crippen LogP contribution < -0.4 is 4.90 Å². The Labute approximate surface area is 177 Å². The number of esters is 1. The van der Waals surface area contributed by atoms with Gasteiger partial charge in [0.1, 0.15) is 10.0 Å². The fourth-order valence-corrected chi connectivity index (χ4v) is 5.46. The van der Waals surface area contributed by atoms with Gasteiger partial charge in [0.05, 0.1) is 13.0 Å². The van der Waals surface area contributed by atoms with E-state index in [9.17, 15) is 4.79 Å². The number of aromatic nitrogens is 2. The summed E-state index contributed by atoms with van der Waals surface area (Å²) in [7, 11) is 1.47. The normalized spacial score (nSPS) is 24.3. The fourth-order valence-electron chi connectivity index (χ4n) is 4.44. The van der Waals surface area contributed by atoms with Crippen LogP contribution in [0.1, 0.15) is 63.3 Å². The number of piperidine rings is 1. The molecule has 0 bridgehead atoms. The molecule has 2 aliphatic rings. The van der Waals surface area contributed by atoms with Crippen LogP contribution in [0.25, 0.3) is 10.6 Å². The molecule has 0 radical (unpaired) electrons. The van der Waals surface area contributed by atoms with E-state index in [0.29, 0.717) is 11.3 Å². The van der Waals surface area contributed by atoms with Gasteiger partial charge >= 0.3 is 5.97 Å². The van der Waals surface area contributed by atoms with Gasteiger partial charge in [-0.3, -0.25) is 4.79 Å². The highest BCUT2D eigenvalue weighted by atomic mass is 32.1. The van der Waals surface area contributed by atoms with E-state index in [0.717, 1.165) is 54.4 Å². The summed E-state index contributed by atoms with van der Waals surface area (Å²) in [4.78, 5) is 14.2. The molecule has 2 fully saturated rings. The van der Waals surface area contributed by atoms with Crippen LogP contribution in [-0.4, -0.2) is 36.4 Å². The second-order valence-corrected chi connectivity index (χ2v) is 10.2. The van der Waals surface area contributed by atoms with Crippen molar-refractivity contribution in [1.29, 1.82) is 0 Å². The van der Waals surface area contributed by atoms with Crippen LogP contribution in [0.2, 0.25) is 0 Å². The second kappa shape index (κ2) is 8.42. The monoisotopic (exact) mass is 413 g/mol. The predicted molar refractivity (Wildman–Crippen MR) is 117 cm³/mol. The lowest BCUT2D eigenvalue weighted by Crippen LogP contribution is -2.37. The lowest BCUT2D eigenvalue weighted by atomic mass is 9.82. The minimum absolute atomic E-state index is 0.0524. The summed E-state index contributed by atoms with van der Waals surface area (Å²) in [5.74, 6) is 0.397. The number of methoxy groups -OCH3 is 1. The van der Waals surface area contributed by atoms with Gasteiger partial charge in [0.15, 0.2) is 0 Å².